The monoisotopic (exact) mass is 283 g/mol. The first-order valence-electron chi connectivity index (χ1n) is 6.49. The molecule has 0 aliphatic heterocycles. The summed E-state index contributed by atoms with van der Waals surface area (Å²) in [7, 11) is 0. The lowest BCUT2D eigenvalue weighted by Gasteiger charge is -2.11. The summed E-state index contributed by atoms with van der Waals surface area (Å²) in [5.41, 5.74) is 1.19. The van der Waals surface area contributed by atoms with Crippen molar-refractivity contribution in [2.75, 3.05) is 5.32 Å². The van der Waals surface area contributed by atoms with Gasteiger partial charge in [-0.2, -0.15) is 10.2 Å². The van der Waals surface area contributed by atoms with Crippen LogP contribution in [0.2, 0.25) is 0 Å². The van der Waals surface area contributed by atoms with Crippen molar-refractivity contribution in [1.82, 2.24) is 19.6 Å². The van der Waals surface area contributed by atoms with E-state index in [4.69, 9.17) is 0 Å². The third-order valence-corrected chi connectivity index (χ3v) is 2.77. The molecule has 2 rings (SSSR count). The highest BCUT2D eigenvalue weighted by Crippen LogP contribution is 2.14. The molecule has 106 valence electrons. The minimum absolute atomic E-state index is 0. The third kappa shape index (κ3) is 3.99. The molecule has 1 N–H and O–H groups in total. The van der Waals surface area contributed by atoms with Crippen molar-refractivity contribution >= 4 is 18.2 Å². The molecular weight excluding hydrogens is 262 g/mol. The zero-order valence-electron chi connectivity index (χ0n) is 11.7. The number of halogens is 1. The fraction of sp³-hybridized carbons (Fsp3) is 0.538. The maximum atomic E-state index is 4.32. The summed E-state index contributed by atoms with van der Waals surface area (Å²) in [4.78, 5) is 0. The van der Waals surface area contributed by atoms with E-state index in [1.807, 2.05) is 27.8 Å². The number of nitrogens with one attached hydrogen (secondary N) is 1. The molecule has 0 unspecified atom stereocenters. The first-order chi connectivity index (χ1) is 8.70. The Morgan fingerprint density at radius 1 is 1.32 bits per heavy atom. The van der Waals surface area contributed by atoms with E-state index in [0.717, 1.165) is 25.3 Å². The molecular formula is C13H22ClN5. The SMILES string of the molecule is CCCn1cc(CNc2ccnn2C(C)C)cn1.Cl. The van der Waals surface area contributed by atoms with Crippen LogP contribution in [0.1, 0.15) is 38.8 Å². The molecule has 0 spiro atoms. The number of hydrogen-bond acceptors (Lipinski definition) is 3. The number of hydrogen-bond donors (Lipinski definition) is 1. The predicted octanol–water partition coefficient (Wildman–Crippen LogP) is 3.10. The van der Waals surface area contributed by atoms with Crippen LogP contribution in [0.15, 0.2) is 24.7 Å². The second kappa shape index (κ2) is 7.19. The van der Waals surface area contributed by atoms with Crippen molar-refractivity contribution in [3.05, 3.63) is 30.2 Å². The molecule has 0 amide bonds. The molecule has 0 bridgehead atoms. The number of rotatable bonds is 6. The van der Waals surface area contributed by atoms with Gasteiger partial charge in [-0.25, -0.2) is 4.68 Å². The van der Waals surface area contributed by atoms with Crippen LogP contribution in [0.3, 0.4) is 0 Å². The average molecular weight is 284 g/mol. The molecule has 2 heterocycles. The summed E-state index contributed by atoms with van der Waals surface area (Å²) in [6, 6.07) is 2.36. The van der Waals surface area contributed by atoms with E-state index < -0.39 is 0 Å². The Hall–Kier alpha value is -1.49. The number of aryl methyl sites for hydroxylation is 1. The van der Waals surface area contributed by atoms with Gasteiger partial charge in [-0.05, 0) is 20.3 Å². The van der Waals surface area contributed by atoms with Crippen LogP contribution in [-0.2, 0) is 13.1 Å². The molecule has 0 aliphatic carbocycles. The van der Waals surface area contributed by atoms with Gasteiger partial charge >= 0.3 is 0 Å². The largest absolute Gasteiger partial charge is 0.366 e. The van der Waals surface area contributed by atoms with Gasteiger partial charge in [-0.3, -0.25) is 4.68 Å². The van der Waals surface area contributed by atoms with Crippen molar-refractivity contribution in [3.8, 4) is 0 Å². The maximum Gasteiger partial charge on any atom is 0.124 e. The topological polar surface area (TPSA) is 47.7 Å². The van der Waals surface area contributed by atoms with Gasteiger partial charge < -0.3 is 5.32 Å². The lowest BCUT2D eigenvalue weighted by molar-refractivity contribution is 0.537. The second-order valence-corrected chi connectivity index (χ2v) is 4.72. The van der Waals surface area contributed by atoms with Gasteiger partial charge in [-0.1, -0.05) is 6.92 Å². The highest BCUT2D eigenvalue weighted by atomic mass is 35.5. The van der Waals surface area contributed by atoms with E-state index in [1.165, 1.54) is 5.56 Å². The number of aromatic nitrogens is 4. The Kier molecular flexibility index (Phi) is 5.89. The van der Waals surface area contributed by atoms with Crippen LogP contribution in [-0.4, -0.2) is 19.6 Å². The fourth-order valence-corrected chi connectivity index (χ4v) is 1.91. The molecule has 0 aliphatic rings. The molecule has 0 aromatic carbocycles. The van der Waals surface area contributed by atoms with Gasteiger partial charge in [0.1, 0.15) is 5.82 Å². The van der Waals surface area contributed by atoms with E-state index in [1.54, 1.807) is 0 Å². The second-order valence-electron chi connectivity index (χ2n) is 4.72. The van der Waals surface area contributed by atoms with Crippen LogP contribution in [0.25, 0.3) is 0 Å². The minimum Gasteiger partial charge on any atom is -0.366 e. The molecule has 5 nitrogen and oxygen atoms in total. The number of nitrogens with zero attached hydrogens (tertiary/aromatic N) is 4. The lowest BCUT2D eigenvalue weighted by Crippen LogP contribution is -2.09. The lowest BCUT2D eigenvalue weighted by atomic mass is 10.3. The van der Waals surface area contributed by atoms with Gasteiger partial charge in [-0.15, -0.1) is 12.4 Å². The highest BCUT2D eigenvalue weighted by molar-refractivity contribution is 5.85. The molecule has 6 heteroatoms. The predicted molar refractivity (Wildman–Crippen MR) is 79.7 cm³/mol. The molecule has 0 fully saturated rings. The van der Waals surface area contributed by atoms with E-state index in [0.29, 0.717) is 6.04 Å². The van der Waals surface area contributed by atoms with Crippen LogP contribution in [0, 0.1) is 0 Å². The Morgan fingerprint density at radius 2 is 2.11 bits per heavy atom. The van der Waals surface area contributed by atoms with Crippen molar-refractivity contribution in [1.29, 1.82) is 0 Å². The first-order valence-corrected chi connectivity index (χ1v) is 6.49. The molecule has 19 heavy (non-hydrogen) atoms. The first kappa shape index (κ1) is 15.6. The van der Waals surface area contributed by atoms with Crippen molar-refractivity contribution in [2.45, 2.75) is 46.3 Å². The Bertz CT molecular complexity index is 489. The Labute approximate surface area is 120 Å². The summed E-state index contributed by atoms with van der Waals surface area (Å²) in [5.74, 6) is 1.05. The summed E-state index contributed by atoms with van der Waals surface area (Å²) < 4.78 is 3.97. The van der Waals surface area contributed by atoms with Gasteiger partial charge in [0.25, 0.3) is 0 Å². The molecule has 0 saturated carbocycles. The van der Waals surface area contributed by atoms with Gasteiger partial charge in [0.15, 0.2) is 0 Å². The van der Waals surface area contributed by atoms with Gasteiger partial charge in [0.2, 0.25) is 0 Å². The van der Waals surface area contributed by atoms with E-state index in [2.05, 4.69) is 42.5 Å². The Balaban J connectivity index is 0.00000180. The molecule has 2 aromatic heterocycles. The molecule has 2 aromatic rings. The zero-order chi connectivity index (χ0) is 13.0. The van der Waals surface area contributed by atoms with Gasteiger partial charge in [0, 0.05) is 37.0 Å². The third-order valence-electron chi connectivity index (χ3n) is 2.77. The summed E-state index contributed by atoms with van der Waals surface area (Å²) in [5, 5.41) is 12.0. The maximum absolute atomic E-state index is 4.32. The summed E-state index contributed by atoms with van der Waals surface area (Å²) >= 11 is 0. The quantitative estimate of drug-likeness (QED) is 0.886. The van der Waals surface area contributed by atoms with E-state index in [-0.39, 0.29) is 12.4 Å². The molecule has 0 radical (unpaired) electrons. The normalized spacial score (nSPS) is 10.5. The summed E-state index contributed by atoms with van der Waals surface area (Å²) in [6.45, 7) is 8.15. The van der Waals surface area contributed by atoms with Crippen LogP contribution >= 0.6 is 12.4 Å². The fourth-order valence-electron chi connectivity index (χ4n) is 1.91. The smallest absolute Gasteiger partial charge is 0.124 e. The minimum atomic E-state index is 0. The van der Waals surface area contributed by atoms with E-state index >= 15 is 0 Å². The number of anilines is 1. The average Bonchev–Trinajstić information content (AvgIpc) is 2.95. The van der Waals surface area contributed by atoms with Crippen LogP contribution < -0.4 is 5.32 Å². The van der Waals surface area contributed by atoms with Crippen molar-refractivity contribution < 1.29 is 0 Å². The Morgan fingerprint density at radius 3 is 2.79 bits per heavy atom. The molecule has 0 atom stereocenters. The van der Waals surface area contributed by atoms with Crippen molar-refractivity contribution in [2.24, 2.45) is 0 Å². The van der Waals surface area contributed by atoms with Gasteiger partial charge in [0.05, 0.1) is 12.4 Å². The van der Waals surface area contributed by atoms with Crippen molar-refractivity contribution in [3.63, 3.8) is 0 Å². The van der Waals surface area contributed by atoms with Crippen LogP contribution in [0.4, 0.5) is 5.82 Å². The van der Waals surface area contributed by atoms with E-state index in [9.17, 15) is 0 Å². The zero-order valence-corrected chi connectivity index (χ0v) is 12.5. The molecule has 0 saturated heterocycles. The standard InChI is InChI=1S/C13H21N5.ClH/c1-4-7-17-10-12(9-16-17)8-14-13-5-6-15-18(13)11(2)3;/h5-6,9-11,14H,4,7-8H2,1-3H3;1H. The van der Waals surface area contributed by atoms with Crippen LogP contribution in [0.5, 0.6) is 0 Å². The highest BCUT2D eigenvalue weighted by Gasteiger charge is 2.05. The summed E-state index contributed by atoms with van der Waals surface area (Å²) in [6.07, 6.45) is 6.93.